The van der Waals surface area contributed by atoms with Crippen LogP contribution in [-0.2, 0) is 6.61 Å². The van der Waals surface area contributed by atoms with Crippen molar-refractivity contribution in [3.05, 3.63) is 57.6 Å². The third-order valence-electron chi connectivity index (χ3n) is 3.23. The first-order chi connectivity index (χ1) is 12.2. The normalized spacial score (nSPS) is 10.9. The molecule has 0 bridgehead atoms. The first kappa shape index (κ1) is 19.4. The zero-order chi connectivity index (χ0) is 18.1. The van der Waals surface area contributed by atoms with Crippen molar-refractivity contribution in [1.82, 2.24) is 5.43 Å². The molecule has 0 aliphatic rings. The van der Waals surface area contributed by atoms with Crippen LogP contribution in [0.5, 0.6) is 11.5 Å². The van der Waals surface area contributed by atoms with Gasteiger partial charge in [-0.15, -0.1) is 0 Å². The number of hydrogen-bond donors (Lipinski definition) is 2. The summed E-state index contributed by atoms with van der Waals surface area (Å²) in [6.07, 6.45) is 1.65. The second kappa shape index (κ2) is 10.1. The van der Waals surface area contributed by atoms with Crippen LogP contribution in [0, 0.1) is 0 Å². The number of ether oxygens (including phenoxy) is 2. The second-order valence-corrected chi connectivity index (χ2v) is 5.83. The number of hydrazone groups is 1. The molecule has 5 nitrogen and oxygen atoms in total. The SMILES string of the molecule is CCOc1cc(/C=N/NCCO)ccc1OCc1c(Cl)cccc1Cl. The van der Waals surface area contributed by atoms with Crippen molar-refractivity contribution in [3.8, 4) is 11.5 Å². The van der Waals surface area contributed by atoms with Gasteiger partial charge in [0.05, 0.1) is 26.0 Å². The van der Waals surface area contributed by atoms with E-state index in [1.54, 1.807) is 24.4 Å². The highest BCUT2D eigenvalue weighted by molar-refractivity contribution is 6.35. The highest BCUT2D eigenvalue weighted by Gasteiger charge is 2.10. The number of aliphatic hydroxyl groups is 1. The fourth-order valence-electron chi connectivity index (χ4n) is 2.05. The van der Waals surface area contributed by atoms with E-state index in [2.05, 4.69) is 10.5 Å². The molecule has 2 aromatic carbocycles. The molecule has 0 atom stereocenters. The summed E-state index contributed by atoms with van der Waals surface area (Å²) in [5.74, 6) is 1.20. The Bertz CT molecular complexity index is 703. The maximum Gasteiger partial charge on any atom is 0.161 e. The van der Waals surface area contributed by atoms with Crippen LogP contribution in [0.1, 0.15) is 18.1 Å². The van der Waals surface area contributed by atoms with Gasteiger partial charge < -0.3 is 20.0 Å². The van der Waals surface area contributed by atoms with E-state index in [1.165, 1.54) is 0 Å². The molecule has 0 aliphatic heterocycles. The van der Waals surface area contributed by atoms with Gasteiger partial charge in [-0.3, -0.25) is 0 Å². The van der Waals surface area contributed by atoms with Gasteiger partial charge in [-0.05, 0) is 42.8 Å². The molecular weight excluding hydrogens is 363 g/mol. The lowest BCUT2D eigenvalue weighted by Gasteiger charge is -2.14. The van der Waals surface area contributed by atoms with Crippen molar-refractivity contribution >= 4 is 29.4 Å². The molecule has 0 aromatic heterocycles. The van der Waals surface area contributed by atoms with Gasteiger partial charge in [0, 0.05) is 15.6 Å². The van der Waals surface area contributed by atoms with E-state index in [-0.39, 0.29) is 13.2 Å². The summed E-state index contributed by atoms with van der Waals surface area (Å²) in [5.41, 5.74) is 4.30. The van der Waals surface area contributed by atoms with Crippen molar-refractivity contribution in [2.75, 3.05) is 19.8 Å². The van der Waals surface area contributed by atoms with Gasteiger partial charge in [0.15, 0.2) is 11.5 Å². The van der Waals surface area contributed by atoms with E-state index in [9.17, 15) is 0 Å². The molecule has 134 valence electrons. The Hall–Kier alpha value is -1.95. The molecule has 0 spiro atoms. The minimum atomic E-state index is 0.0267. The predicted octanol–water partition coefficient (Wildman–Crippen LogP) is 3.89. The Balaban J connectivity index is 2.12. The molecule has 0 amide bonds. The maximum atomic E-state index is 8.71. The molecule has 2 aromatic rings. The van der Waals surface area contributed by atoms with Crippen molar-refractivity contribution < 1.29 is 14.6 Å². The van der Waals surface area contributed by atoms with E-state index in [0.29, 0.717) is 34.7 Å². The third kappa shape index (κ3) is 5.81. The fraction of sp³-hybridized carbons (Fsp3) is 0.278. The van der Waals surface area contributed by atoms with E-state index in [1.807, 2.05) is 25.1 Å². The standard InChI is InChI=1S/C18H20Cl2N2O3/c1-2-24-18-10-13(11-22-21-8-9-23)6-7-17(18)25-12-14-15(19)4-3-5-16(14)20/h3-7,10-11,21,23H,2,8-9,12H2,1H3/b22-11+. The monoisotopic (exact) mass is 382 g/mol. The summed E-state index contributed by atoms with van der Waals surface area (Å²) in [5, 5.41) is 13.8. The van der Waals surface area contributed by atoms with Gasteiger partial charge in [-0.2, -0.15) is 5.10 Å². The van der Waals surface area contributed by atoms with Crippen molar-refractivity contribution in [2.24, 2.45) is 5.10 Å². The van der Waals surface area contributed by atoms with Gasteiger partial charge in [0.25, 0.3) is 0 Å². The minimum absolute atomic E-state index is 0.0267. The molecule has 0 unspecified atom stereocenters. The summed E-state index contributed by atoms with van der Waals surface area (Å²) < 4.78 is 11.5. The van der Waals surface area contributed by atoms with Crippen LogP contribution in [0.4, 0.5) is 0 Å². The predicted molar refractivity (Wildman–Crippen MR) is 101 cm³/mol. The average molecular weight is 383 g/mol. The van der Waals surface area contributed by atoms with Crippen LogP contribution >= 0.6 is 23.2 Å². The van der Waals surface area contributed by atoms with Crippen molar-refractivity contribution in [3.63, 3.8) is 0 Å². The number of nitrogens with one attached hydrogen (secondary N) is 1. The highest BCUT2D eigenvalue weighted by atomic mass is 35.5. The Kier molecular flexibility index (Phi) is 7.85. The molecule has 0 aliphatic carbocycles. The van der Waals surface area contributed by atoms with Gasteiger partial charge in [-0.25, -0.2) is 0 Å². The quantitative estimate of drug-likeness (QED) is 0.392. The highest BCUT2D eigenvalue weighted by Crippen LogP contribution is 2.31. The number of benzene rings is 2. The Morgan fingerprint density at radius 2 is 1.88 bits per heavy atom. The summed E-state index contributed by atoms with van der Waals surface area (Å²) in [4.78, 5) is 0. The van der Waals surface area contributed by atoms with Gasteiger partial charge in [-0.1, -0.05) is 29.3 Å². The number of hydrogen-bond acceptors (Lipinski definition) is 5. The van der Waals surface area contributed by atoms with Gasteiger partial charge in [0.1, 0.15) is 6.61 Å². The largest absolute Gasteiger partial charge is 0.490 e. The van der Waals surface area contributed by atoms with E-state index >= 15 is 0 Å². The van der Waals surface area contributed by atoms with Gasteiger partial charge >= 0.3 is 0 Å². The zero-order valence-electron chi connectivity index (χ0n) is 13.8. The Labute approximate surface area is 157 Å². The molecule has 25 heavy (non-hydrogen) atoms. The Morgan fingerprint density at radius 3 is 2.56 bits per heavy atom. The molecule has 0 heterocycles. The van der Waals surface area contributed by atoms with Crippen LogP contribution in [0.15, 0.2) is 41.5 Å². The molecule has 0 saturated carbocycles. The fourth-order valence-corrected chi connectivity index (χ4v) is 2.55. The van der Waals surface area contributed by atoms with Crippen molar-refractivity contribution in [1.29, 1.82) is 0 Å². The molecule has 2 N–H and O–H groups in total. The van der Waals surface area contributed by atoms with Crippen LogP contribution in [0.2, 0.25) is 10.0 Å². The molecular formula is C18H20Cl2N2O3. The van der Waals surface area contributed by atoms with Crippen LogP contribution in [0.3, 0.4) is 0 Å². The molecule has 0 radical (unpaired) electrons. The second-order valence-electron chi connectivity index (χ2n) is 5.02. The maximum absolute atomic E-state index is 8.71. The van der Waals surface area contributed by atoms with E-state index < -0.39 is 0 Å². The number of rotatable bonds is 9. The number of nitrogens with zero attached hydrogens (tertiary/aromatic N) is 1. The summed E-state index contributed by atoms with van der Waals surface area (Å²) in [6, 6.07) is 10.8. The summed E-state index contributed by atoms with van der Waals surface area (Å²) >= 11 is 12.3. The van der Waals surface area contributed by atoms with Crippen LogP contribution in [0.25, 0.3) is 0 Å². The van der Waals surface area contributed by atoms with Gasteiger partial charge in [0.2, 0.25) is 0 Å². The smallest absolute Gasteiger partial charge is 0.161 e. The van der Waals surface area contributed by atoms with E-state index in [4.69, 9.17) is 37.8 Å². The minimum Gasteiger partial charge on any atom is -0.490 e. The molecule has 2 rings (SSSR count). The number of halogens is 2. The lowest BCUT2D eigenvalue weighted by Crippen LogP contribution is -2.11. The Morgan fingerprint density at radius 1 is 1.12 bits per heavy atom. The summed E-state index contributed by atoms with van der Waals surface area (Å²) in [7, 11) is 0. The lowest BCUT2D eigenvalue weighted by molar-refractivity contribution is 0.269. The topological polar surface area (TPSA) is 63.1 Å². The molecule has 0 saturated heterocycles. The van der Waals surface area contributed by atoms with Crippen LogP contribution in [-0.4, -0.2) is 31.1 Å². The zero-order valence-corrected chi connectivity index (χ0v) is 15.3. The number of aliphatic hydroxyl groups excluding tert-OH is 1. The lowest BCUT2D eigenvalue weighted by atomic mass is 10.2. The molecule has 7 heteroatoms. The van der Waals surface area contributed by atoms with E-state index in [0.717, 1.165) is 11.1 Å². The first-order valence-electron chi connectivity index (χ1n) is 7.85. The summed E-state index contributed by atoms with van der Waals surface area (Å²) in [6.45, 7) is 3.07. The first-order valence-corrected chi connectivity index (χ1v) is 8.60. The third-order valence-corrected chi connectivity index (χ3v) is 3.94. The van der Waals surface area contributed by atoms with Crippen molar-refractivity contribution in [2.45, 2.75) is 13.5 Å². The molecule has 0 fully saturated rings. The van der Waals surface area contributed by atoms with Crippen LogP contribution < -0.4 is 14.9 Å². The average Bonchev–Trinajstić information content (AvgIpc) is 2.60.